The van der Waals surface area contributed by atoms with E-state index in [4.69, 9.17) is 9.47 Å². The Balaban J connectivity index is 2.27. The Morgan fingerprint density at radius 3 is 2.22 bits per heavy atom. The number of carbonyl (C=O) groups is 1. The van der Waals surface area contributed by atoms with Gasteiger partial charge in [0.1, 0.15) is 0 Å². The van der Waals surface area contributed by atoms with Crippen molar-refractivity contribution >= 4 is 16.1 Å². The van der Waals surface area contributed by atoms with Crippen LogP contribution >= 0.6 is 0 Å². The maximum atomic E-state index is 12.4. The van der Waals surface area contributed by atoms with Crippen LogP contribution < -0.4 is 0 Å². The molecule has 6 atom stereocenters. The van der Waals surface area contributed by atoms with Crippen LogP contribution in [-0.4, -0.2) is 47.8 Å². The van der Waals surface area contributed by atoms with Gasteiger partial charge in [0.05, 0.1) is 23.4 Å². The lowest BCUT2D eigenvalue weighted by atomic mass is 9.78. The van der Waals surface area contributed by atoms with Gasteiger partial charge >= 0.3 is 5.97 Å². The van der Waals surface area contributed by atoms with E-state index in [9.17, 15) is 22.9 Å². The maximum Gasteiger partial charge on any atom is 0.309 e. The SMILES string of the molecule is CC(C)OC(=O)C1C2CC(C1C(O)OC(C)C)C(S(=O)(=O)O)C2. The highest BCUT2D eigenvalue weighted by Crippen LogP contribution is 2.56. The van der Waals surface area contributed by atoms with E-state index >= 15 is 0 Å². The van der Waals surface area contributed by atoms with Gasteiger partial charge in [0.15, 0.2) is 6.29 Å². The van der Waals surface area contributed by atoms with Crippen LogP contribution in [0.3, 0.4) is 0 Å². The number of fused-ring (bicyclic) bond motifs is 2. The largest absolute Gasteiger partial charge is 0.463 e. The first-order valence-electron chi connectivity index (χ1n) is 8.02. The fraction of sp³-hybridized carbons (Fsp3) is 0.933. The summed E-state index contributed by atoms with van der Waals surface area (Å²) < 4.78 is 43.3. The van der Waals surface area contributed by atoms with Crippen molar-refractivity contribution in [3.63, 3.8) is 0 Å². The fourth-order valence-electron chi connectivity index (χ4n) is 4.11. The molecule has 0 aromatic rings. The lowest BCUT2D eigenvalue weighted by molar-refractivity contribution is -0.190. The minimum Gasteiger partial charge on any atom is -0.463 e. The molecule has 2 rings (SSSR count). The van der Waals surface area contributed by atoms with Gasteiger partial charge in [0.2, 0.25) is 0 Å². The molecule has 134 valence electrons. The van der Waals surface area contributed by atoms with E-state index in [2.05, 4.69) is 0 Å². The Labute approximate surface area is 137 Å². The quantitative estimate of drug-likeness (QED) is 0.421. The van der Waals surface area contributed by atoms with Crippen LogP contribution in [0.25, 0.3) is 0 Å². The predicted octanol–water partition coefficient (Wildman–Crippen LogP) is 1.21. The Bertz CT molecular complexity index is 542. The van der Waals surface area contributed by atoms with Gasteiger partial charge in [-0.05, 0) is 52.4 Å². The standard InChI is InChI=1S/C15H26O7S/c1-7(2)21-14(16)12-9-5-10(11(6-9)23(18,19)20)13(12)15(17)22-8(3)4/h7-13,15,17H,5-6H2,1-4H3,(H,18,19,20). The van der Waals surface area contributed by atoms with Crippen molar-refractivity contribution in [2.75, 3.05) is 0 Å². The van der Waals surface area contributed by atoms with Crippen LogP contribution in [0.1, 0.15) is 40.5 Å². The van der Waals surface area contributed by atoms with Crippen molar-refractivity contribution in [2.45, 2.75) is 64.3 Å². The molecule has 2 N–H and O–H groups in total. The summed E-state index contributed by atoms with van der Waals surface area (Å²) >= 11 is 0. The molecule has 0 radical (unpaired) electrons. The molecule has 2 aliphatic rings. The average Bonchev–Trinajstić information content (AvgIpc) is 2.93. The minimum absolute atomic E-state index is 0.215. The normalized spacial score (nSPS) is 35.0. The minimum atomic E-state index is -4.22. The van der Waals surface area contributed by atoms with Crippen molar-refractivity contribution in [1.82, 2.24) is 0 Å². The fourth-order valence-corrected chi connectivity index (χ4v) is 5.34. The third kappa shape index (κ3) is 3.87. The van der Waals surface area contributed by atoms with Crippen LogP contribution in [0.2, 0.25) is 0 Å². The van der Waals surface area contributed by atoms with E-state index < -0.39 is 45.4 Å². The Hall–Kier alpha value is -0.700. The molecule has 0 aromatic carbocycles. The van der Waals surface area contributed by atoms with Crippen LogP contribution in [0.15, 0.2) is 0 Å². The summed E-state index contributed by atoms with van der Waals surface area (Å²) in [5.41, 5.74) is 0. The zero-order chi connectivity index (χ0) is 17.5. The van der Waals surface area contributed by atoms with Gasteiger partial charge < -0.3 is 14.6 Å². The molecule has 0 saturated heterocycles. The highest BCUT2D eigenvalue weighted by molar-refractivity contribution is 7.86. The maximum absolute atomic E-state index is 12.4. The van der Waals surface area contributed by atoms with Crippen molar-refractivity contribution in [3.8, 4) is 0 Å². The Morgan fingerprint density at radius 2 is 1.74 bits per heavy atom. The summed E-state index contributed by atoms with van der Waals surface area (Å²) in [6.07, 6.45) is -1.14. The molecule has 2 aliphatic carbocycles. The number of rotatable bonds is 6. The van der Waals surface area contributed by atoms with Gasteiger partial charge in [0.25, 0.3) is 10.1 Å². The first-order valence-corrected chi connectivity index (χ1v) is 9.53. The predicted molar refractivity (Wildman–Crippen MR) is 82.0 cm³/mol. The molecule has 2 bridgehead atoms. The van der Waals surface area contributed by atoms with E-state index in [1.54, 1.807) is 27.7 Å². The number of carbonyl (C=O) groups excluding carboxylic acids is 1. The van der Waals surface area contributed by atoms with Crippen molar-refractivity contribution in [3.05, 3.63) is 0 Å². The number of hydrogen-bond acceptors (Lipinski definition) is 6. The highest BCUT2D eigenvalue weighted by Gasteiger charge is 2.61. The van der Waals surface area contributed by atoms with Crippen LogP contribution in [0, 0.1) is 23.7 Å². The van der Waals surface area contributed by atoms with E-state index in [-0.39, 0.29) is 24.5 Å². The van der Waals surface area contributed by atoms with E-state index in [0.717, 1.165) is 0 Å². The summed E-state index contributed by atoms with van der Waals surface area (Å²) in [4.78, 5) is 12.4. The molecule has 0 aromatic heterocycles. The van der Waals surface area contributed by atoms with E-state index in [1.807, 2.05) is 0 Å². The molecule has 7 nitrogen and oxygen atoms in total. The number of aliphatic hydroxyl groups excluding tert-OH is 1. The van der Waals surface area contributed by atoms with Gasteiger partial charge in [-0.1, -0.05) is 0 Å². The van der Waals surface area contributed by atoms with Gasteiger partial charge in [-0.15, -0.1) is 0 Å². The highest BCUT2D eigenvalue weighted by atomic mass is 32.2. The average molecular weight is 350 g/mol. The zero-order valence-corrected chi connectivity index (χ0v) is 14.7. The topological polar surface area (TPSA) is 110 Å². The van der Waals surface area contributed by atoms with E-state index in [1.165, 1.54) is 0 Å². The van der Waals surface area contributed by atoms with Gasteiger partial charge in [-0.2, -0.15) is 8.42 Å². The molecular weight excluding hydrogens is 324 g/mol. The first kappa shape index (κ1) is 18.6. The Kier molecular flexibility index (Phi) is 5.40. The molecule has 0 spiro atoms. The summed E-state index contributed by atoms with van der Waals surface area (Å²) in [5, 5.41) is 9.42. The number of hydrogen-bond donors (Lipinski definition) is 2. The monoisotopic (exact) mass is 350 g/mol. The van der Waals surface area contributed by atoms with Crippen LogP contribution in [0.5, 0.6) is 0 Å². The molecule has 23 heavy (non-hydrogen) atoms. The van der Waals surface area contributed by atoms with Crippen LogP contribution in [0.4, 0.5) is 0 Å². The second kappa shape index (κ2) is 6.66. The summed E-state index contributed by atoms with van der Waals surface area (Å²) in [7, 11) is -4.22. The number of ether oxygens (including phenoxy) is 2. The molecule has 6 unspecified atom stereocenters. The van der Waals surface area contributed by atoms with Crippen molar-refractivity contribution < 1.29 is 32.3 Å². The number of aliphatic hydroxyl groups is 1. The third-order valence-corrected chi connectivity index (χ3v) is 6.06. The van der Waals surface area contributed by atoms with E-state index in [0.29, 0.717) is 6.42 Å². The summed E-state index contributed by atoms with van der Waals surface area (Å²) in [6.45, 7) is 6.97. The molecule has 0 heterocycles. The lowest BCUT2D eigenvalue weighted by Crippen LogP contribution is -2.46. The smallest absolute Gasteiger partial charge is 0.309 e. The number of esters is 1. The third-order valence-electron chi connectivity index (χ3n) is 4.75. The van der Waals surface area contributed by atoms with Gasteiger partial charge in [-0.3, -0.25) is 9.35 Å². The molecule has 0 amide bonds. The second-order valence-corrected chi connectivity index (χ2v) is 8.75. The molecule has 8 heteroatoms. The molecule has 0 aliphatic heterocycles. The Morgan fingerprint density at radius 1 is 1.13 bits per heavy atom. The van der Waals surface area contributed by atoms with Gasteiger partial charge in [-0.25, -0.2) is 0 Å². The second-order valence-electron chi connectivity index (χ2n) is 7.11. The summed E-state index contributed by atoms with van der Waals surface area (Å²) in [5.74, 6) is -2.46. The van der Waals surface area contributed by atoms with Crippen molar-refractivity contribution in [1.29, 1.82) is 0 Å². The zero-order valence-electron chi connectivity index (χ0n) is 13.9. The first-order chi connectivity index (χ1) is 10.5. The van der Waals surface area contributed by atoms with Gasteiger partial charge in [0, 0.05) is 5.92 Å². The van der Waals surface area contributed by atoms with Crippen molar-refractivity contribution in [2.24, 2.45) is 23.7 Å². The summed E-state index contributed by atoms with van der Waals surface area (Å²) in [6, 6.07) is 0. The van der Waals surface area contributed by atoms with Crippen LogP contribution in [-0.2, 0) is 24.4 Å². The molecule has 2 saturated carbocycles. The lowest BCUT2D eigenvalue weighted by Gasteiger charge is -2.36. The molecular formula is C15H26O7S. The molecule has 2 fully saturated rings.